The van der Waals surface area contributed by atoms with Crippen LogP contribution in [0.3, 0.4) is 0 Å². The second kappa shape index (κ2) is 7.00. The lowest BCUT2D eigenvalue weighted by molar-refractivity contribution is 0.681. The summed E-state index contributed by atoms with van der Waals surface area (Å²) in [6.07, 6.45) is 3.69. The van der Waals surface area contributed by atoms with Gasteiger partial charge in [-0.25, -0.2) is 4.99 Å². The van der Waals surface area contributed by atoms with Gasteiger partial charge in [0.05, 0.1) is 13.1 Å². The van der Waals surface area contributed by atoms with Gasteiger partial charge in [0.2, 0.25) is 0 Å². The van der Waals surface area contributed by atoms with Crippen molar-refractivity contribution in [3.8, 4) is 0 Å². The summed E-state index contributed by atoms with van der Waals surface area (Å²) in [5, 5.41) is 4.18. The molecule has 96 valence electrons. The van der Waals surface area contributed by atoms with Crippen LogP contribution in [0.1, 0.15) is 11.1 Å². The summed E-state index contributed by atoms with van der Waals surface area (Å²) in [5.41, 5.74) is 12.9. The fourth-order valence-electron chi connectivity index (χ4n) is 1.61. The highest BCUT2D eigenvalue weighted by Gasteiger charge is 2.02. The van der Waals surface area contributed by atoms with Gasteiger partial charge in [0, 0.05) is 12.4 Å². The van der Waals surface area contributed by atoms with Gasteiger partial charge in [-0.1, -0.05) is 24.3 Å². The van der Waals surface area contributed by atoms with Crippen molar-refractivity contribution in [2.75, 3.05) is 0 Å². The molecule has 2 aromatic rings. The van der Waals surface area contributed by atoms with Gasteiger partial charge in [-0.3, -0.25) is 4.68 Å². The van der Waals surface area contributed by atoms with E-state index < -0.39 is 0 Å². The molecule has 0 aliphatic rings. The first kappa shape index (κ1) is 14.5. The van der Waals surface area contributed by atoms with E-state index in [2.05, 4.69) is 16.2 Å². The van der Waals surface area contributed by atoms with Crippen molar-refractivity contribution in [1.82, 2.24) is 9.78 Å². The average molecular weight is 357 g/mol. The molecule has 0 amide bonds. The Morgan fingerprint density at radius 3 is 2.50 bits per heavy atom. The quantitative estimate of drug-likeness (QED) is 0.492. The van der Waals surface area contributed by atoms with E-state index in [1.807, 2.05) is 35.1 Å². The Bertz CT molecular complexity index is 503. The minimum atomic E-state index is 0. The van der Waals surface area contributed by atoms with Crippen LogP contribution >= 0.6 is 24.0 Å². The normalized spacial score (nSPS) is 9.56. The summed E-state index contributed by atoms with van der Waals surface area (Å²) in [6.45, 7) is 1.23. The molecule has 0 aliphatic carbocycles. The number of hydrogen-bond donors (Lipinski definition) is 2. The Hall–Kier alpha value is -1.57. The molecule has 1 aromatic carbocycles. The summed E-state index contributed by atoms with van der Waals surface area (Å²) >= 11 is 0. The van der Waals surface area contributed by atoms with E-state index in [9.17, 15) is 0 Å². The number of halogens is 1. The molecule has 18 heavy (non-hydrogen) atoms. The summed E-state index contributed by atoms with van der Waals surface area (Å²) in [4.78, 5) is 4.03. The number of guanidine groups is 1. The molecule has 1 aromatic heterocycles. The first-order valence-corrected chi connectivity index (χ1v) is 5.35. The van der Waals surface area contributed by atoms with Gasteiger partial charge in [0.1, 0.15) is 0 Å². The van der Waals surface area contributed by atoms with Gasteiger partial charge in [0.25, 0.3) is 0 Å². The van der Waals surface area contributed by atoms with Crippen molar-refractivity contribution in [2.24, 2.45) is 16.5 Å². The highest BCUT2D eigenvalue weighted by molar-refractivity contribution is 14.0. The molecule has 2 rings (SSSR count). The zero-order valence-corrected chi connectivity index (χ0v) is 12.2. The lowest BCUT2D eigenvalue weighted by atomic mass is 10.1. The van der Waals surface area contributed by atoms with Gasteiger partial charge in [-0.2, -0.15) is 5.10 Å². The first-order valence-electron chi connectivity index (χ1n) is 5.35. The number of hydrogen-bond acceptors (Lipinski definition) is 2. The molecule has 4 N–H and O–H groups in total. The van der Waals surface area contributed by atoms with Gasteiger partial charge < -0.3 is 11.5 Å². The summed E-state index contributed by atoms with van der Waals surface area (Å²) in [5.74, 6) is 0.110. The molecule has 0 aliphatic heterocycles. The molecule has 1 heterocycles. The lowest BCUT2D eigenvalue weighted by Gasteiger charge is -2.07. The average Bonchev–Trinajstić information content (AvgIpc) is 2.80. The molecule has 0 radical (unpaired) electrons. The minimum absolute atomic E-state index is 0. The van der Waals surface area contributed by atoms with Crippen LogP contribution in [0, 0.1) is 0 Å². The molecule has 0 saturated heterocycles. The van der Waals surface area contributed by atoms with E-state index in [1.54, 1.807) is 6.20 Å². The number of aliphatic imine (C=N–C) groups is 1. The Balaban J connectivity index is 0.00000162. The summed E-state index contributed by atoms with van der Waals surface area (Å²) in [6, 6.07) is 9.95. The Morgan fingerprint density at radius 2 is 1.89 bits per heavy atom. The van der Waals surface area contributed by atoms with Gasteiger partial charge in [-0.05, 0) is 17.2 Å². The molecule has 0 bridgehead atoms. The van der Waals surface area contributed by atoms with Crippen molar-refractivity contribution < 1.29 is 0 Å². The topological polar surface area (TPSA) is 82.2 Å². The third-order valence-electron chi connectivity index (χ3n) is 2.44. The molecule has 0 fully saturated rings. The highest BCUT2D eigenvalue weighted by Crippen LogP contribution is 2.11. The molecule has 0 atom stereocenters. The maximum Gasteiger partial charge on any atom is 0.186 e. The van der Waals surface area contributed by atoms with Crippen molar-refractivity contribution in [3.05, 3.63) is 53.9 Å². The zero-order valence-electron chi connectivity index (χ0n) is 9.86. The van der Waals surface area contributed by atoms with Crippen LogP contribution in [0.5, 0.6) is 0 Å². The van der Waals surface area contributed by atoms with Crippen LogP contribution in [-0.2, 0) is 13.1 Å². The Labute approximate surface area is 123 Å². The minimum Gasteiger partial charge on any atom is -0.370 e. The van der Waals surface area contributed by atoms with E-state index in [1.165, 1.54) is 5.56 Å². The zero-order chi connectivity index (χ0) is 12.1. The number of benzene rings is 1. The van der Waals surface area contributed by atoms with Crippen LogP contribution < -0.4 is 11.5 Å². The van der Waals surface area contributed by atoms with Crippen molar-refractivity contribution in [3.63, 3.8) is 0 Å². The van der Waals surface area contributed by atoms with E-state index in [0.717, 1.165) is 12.1 Å². The lowest BCUT2D eigenvalue weighted by Crippen LogP contribution is -2.22. The Kier molecular flexibility index (Phi) is 5.63. The maximum atomic E-state index is 5.34. The number of aromatic nitrogens is 2. The smallest absolute Gasteiger partial charge is 0.186 e. The fraction of sp³-hybridized carbons (Fsp3) is 0.167. The van der Waals surface area contributed by atoms with Crippen molar-refractivity contribution >= 4 is 29.9 Å². The molecular weight excluding hydrogens is 341 g/mol. The molecular formula is C12H16IN5. The van der Waals surface area contributed by atoms with Crippen LogP contribution in [0.15, 0.2) is 47.7 Å². The van der Waals surface area contributed by atoms with Crippen LogP contribution in [0.25, 0.3) is 0 Å². The third-order valence-corrected chi connectivity index (χ3v) is 2.44. The fourth-order valence-corrected chi connectivity index (χ4v) is 1.61. The molecule has 5 nitrogen and oxygen atoms in total. The number of nitrogens with zero attached hydrogens (tertiary/aromatic N) is 3. The van der Waals surface area contributed by atoms with Gasteiger partial charge in [0.15, 0.2) is 5.96 Å². The predicted octanol–water partition coefficient (Wildman–Crippen LogP) is 1.32. The molecule has 6 heteroatoms. The Morgan fingerprint density at radius 1 is 1.17 bits per heavy atom. The molecule has 0 spiro atoms. The number of nitrogens with two attached hydrogens (primary N) is 2. The van der Waals surface area contributed by atoms with E-state index in [-0.39, 0.29) is 29.9 Å². The van der Waals surface area contributed by atoms with Gasteiger partial charge >= 0.3 is 0 Å². The second-order valence-corrected chi connectivity index (χ2v) is 3.71. The van der Waals surface area contributed by atoms with Gasteiger partial charge in [-0.15, -0.1) is 24.0 Å². The number of rotatable bonds is 4. The van der Waals surface area contributed by atoms with Crippen LogP contribution in [-0.4, -0.2) is 15.7 Å². The van der Waals surface area contributed by atoms with E-state index in [4.69, 9.17) is 11.5 Å². The van der Waals surface area contributed by atoms with Crippen LogP contribution in [0.4, 0.5) is 0 Å². The standard InChI is InChI=1S/C12H15N5.HI/c13-12(14)15-8-10-4-1-2-5-11(10)9-17-7-3-6-16-17;/h1-7H,8-9H2,(H4,13,14,15);1H. The highest BCUT2D eigenvalue weighted by atomic mass is 127. The first-order chi connectivity index (χ1) is 8.25. The SMILES string of the molecule is I.NC(N)=NCc1ccccc1Cn1cccn1. The summed E-state index contributed by atoms with van der Waals surface area (Å²) in [7, 11) is 0. The maximum absolute atomic E-state index is 5.34. The van der Waals surface area contributed by atoms with Crippen LogP contribution in [0.2, 0.25) is 0 Å². The largest absolute Gasteiger partial charge is 0.370 e. The third kappa shape index (κ3) is 4.02. The van der Waals surface area contributed by atoms with E-state index >= 15 is 0 Å². The predicted molar refractivity (Wildman–Crippen MR) is 82.7 cm³/mol. The molecule has 0 saturated carbocycles. The monoisotopic (exact) mass is 357 g/mol. The van der Waals surface area contributed by atoms with Crippen molar-refractivity contribution in [2.45, 2.75) is 13.1 Å². The second-order valence-electron chi connectivity index (χ2n) is 3.71. The molecule has 0 unspecified atom stereocenters. The van der Waals surface area contributed by atoms with E-state index in [0.29, 0.717) is 6.54 Å². The van der Waals surface area contributed by atoms with Crippen molar-refractivity contribution in [1.29, 1.82) is 0 Å². The summed E-state index contributed by atoms with van der Waals surface area (Å²) < 4.78 is 1.87.